The number of allylic oxidation sites excluding steroid dienone is 1. The van der Waals surface area contributed by atoms with Crippen molar-refractivity contribution in [2.24, 2.45) is 0 Å². The van der Waals surface area contributed by atoms with E-state index in [1.807, 2.05) is 0 Å². The van der Waals surface area contributed by atoms with Gasteiger partial charge < -0.3 is 19.4 Å². The highest BCUT2D eigenvalue weighted by atomic mass is 16.5. The number of benzene rings is 1. The van der Waals surface area contributed by atoms with Gasteiger partial charge in [0.2, 0.25) is 0 Å². The molecule has 2 N–H and O–H groups in total. The van der Waals surface area contributed by atoms with E-state index in [0.29, 0.717) is 16.5 Å². The lowest BCUT2D eigenvalue weighted by atomic mass is 9.98. The van der Waals surface area contributed by atoms with Crippen molar-refractivity contribution in [1.82, 2.24) is 0 Å². The fraction of sp³-hybridized carbons (Fsp3) is 0.368. The van der Waals surface area contributed by atoms with Crippen molar-refractivity contribution >= 4 is 22.5 Å². The lowest BCUT2D eigenvalue weighted by Crippen LogP contribution is -2.21. The smallest absolute Gasteiger partial charge is 0.347 e. The average Bonchev–Trinajstić information content (AvgIpc) is 2.50. The molecule has 6 nitrogen and oxygen atoms in total. The Kier molecular flexibility index (Phi) is 4.39. The number of carbonyl (C=O) groups excluding carboxylic acids is 1. The quantitative estimate of drug-likeness (QED) is 0.830. The largest absolute Gasteiger partial charge is 0.508 e. The molecule has 0 spiro atoms. The van der Waals surface area contributed by atoms with Crippen LogP contribution in [0.25, 0.3) is 16.7 Å². The normalized spacial score (nSPS) is 18.8. The molecule has 25 heavy (non-hydrogen) atoms. The second kappa shape index (κ2) is 6.37. The fourth-order valence-electron chi connectivity index (χ4n) is 3.04. The topological polar surface area (TPSA) is 97.0 Å². The number of phenols is 1. The van der Waals surface area contributed by atoms with Crippen molar-refractivity contribution < 1.29 is 24.2 Å². The predicted octanol–water partition coefficient (Wildman–Crippen LogP) is 2.45. The number of aliphatic hydroxyl groups excluding tert-OH is 1. The molecule has 1 aromatic heterocycles. The highest BCUT2D eigenvalue weighted by Crippen LogP contribution is 2.32. The number of hydrogen-bond donors (Lipinski definition) is 2. The van der Waals surface area contributed by atoms with Gasteiger partial charge in [0, 0.05) is 23.4 Å². The Bertz CT molecular complexity index is 935. The number of phenolic OH excluding ortho intramolecular Hbond substituents is 1. The molecule has 2 heterocycles. The summed E-state index contributed by atoms with van der Waals surface area (Å²) in [6.45, 7) is 5.04. The van der Waals surface area contributed by atoms with Crippen molar-refractivity contribution in [3.8, 4) is 5.75 Å². The maximum absolute atomic E-state index is 12.4. The molecule has 1 aliphatic heterocycles. The minimum atomic E-state index is -0.641. The number of rotatable bonds is 3. The van der Waals surface area contributed by atoms with E-state index >= 15 is 0 Å². The number of ketones is 1. The molecule has 3 rings (SSSR count). The second-order valence-electron chi connectivity index (χ2n) is 6.53. The summed E-state index contributed by atoms with van der Waals surface area (Å²) in [6, 6.07) is 3.15. The molecule has 1 aromatic carbocycles. The lowest BCUT2D eigenvalue weighted by molar-refractivity contribution is -0.117. The van der Waals surface area contributed by atoms with Gasteiger partial charge in [-0.05, 0) is 44.9 Å². The van der Waals surface area contributed by atoms with Crippen LogP contribution in [-0.2, 0) is 16.0 Å². The maximum Gasteiger partial charge on any atom is 0.347 e. The van der Waals surface area contributed by atoms with E-state index in [1.54, 1.807) is 32.9 Å². The van der Waals surface area contributed by atoms with Gasteiger partial charge in [0.15, 0.2) is 5.78 Å². The molecule has 2 unspecified atom stereocenters. The Morgan fingerprint density at radius 2 is 2.04 bits per heavy atom. The number of aromatic hydroxyl groups is 1. The Labute approximate surface area is 144 Å². The third-order valence-electron chi connectivity index (χ3n) is 4.22. The molecule has 2 aromatic rings. The molecule has 0 saturated heterocycles. The van der Waals surface area contributed by atoms with Crippen LogP contribution >= 0.6 is 0 Å². The molecule has 0 bridgehead atoms. The third-order valence-corrected chi connectivity index (χ3v) is 4.22. The van der Waals surface area contributed by atoms with Crippen LogP contribution in [-0.4, -0.2) is 28.2 Å². The van der Waals surface area contributed by atoms with Gasteiger partial charge in [-0.25, -0.2) is 4.79 Å². The minimum Gasteiger partial charge on any atom is -0.508 e. The predicted molar refractivity (Wildman–Crippen MR) is 92.4 cm³/mol. The highest BCUT2D eigenvalue weighted by Gasteiger charge is 2.23. The summed E-state index contributed by atoms with van der Waals surface area (Å²) in [4.78, 5) is 24.2. The van der Waals surface area contributed by atoms with Crippen LogP contribution in [0, 0.1) is 6.92 Å². The molecule has 132 valence electrons. The molecule has 0 radical (unpaired) electrons. The average molecular weight is 344 g/mol. The summed E-state index contributed by atoms with van der Waals surface area (Å²) in [6.07, 6.45) is 0.906. The standard InChI is InChI=1S/C19H20O6/c1-9(20)4-12-6-16(22)11(3)18-14(12)8-15(19(23)25-18)17-7-13(21)5-10(2)24-17/h6-10,20,22H,4-5H2,1-3H3. The lowest BCUT2D eigenvalue weighted by Gasteiger charge is -2.20. The van der Waals surface area contributed by atoms with Gasteiger partial charge in [0.1, 0.15) is 28.8 Å². The summed E-state index contributed by atoms with van der Waals surface area (Å²) < 4.78 is 11.0. The van der Waals surface area contributed by atoms with Crippen LogP contribution < -0.4 is 5.63 Å². The molecule has 0 amide bonds. The Morgan fingerprint density at radius 1 is 1.32 bits per heavy atom. The maximum atomic E-state index is 12.4. The number of aliphatic hydroxyl groups is 1. The van der Waals surface area contributed by atoms with E-state index in [1.165, 1.54) is 6.08 Å². The van der Waals surface area contributed by atoms with Crippen molar-refractivity contribution in [1.29, 1.82) is 0 Å². The van der Waals surface area contributed by atoms with E-state index in [9.17, 15) is 19.8 Å². The van der Waals surface area contributed by atoms with Gasteiger partial charge in [-0.15, -0.1) is 0 Å². The third kappa shape index (κ3) is 3.30. The SMILES string of the molecule is Cc1c(O)cc(CC(C)O)c2cc(C3=CC(=O)CC(C)O3)c(=O)oc12. The highest BCUT2D eigenvalue weighted by molar-refractivity contribution is 5.98. The molecule has 0 aliphatic carbocycles. The number of hydrogen-bond acceptors (Lipinski definition) is 6. The van der Waals surface area contributed by atoms with Crippen molar-refractivity contribution in [2.75, 3.05) is 0 Å². The van der Waals surface area contributed by atoms with E-state index in [4.69, 9.17) is 9.15 Å². The molecular weight excluding hydrogens is 324 g/mol. The van der Waals surface area contributed by atoms with Crippen LogP contribution in [0.1, 0.15) is 37.0 Å². The van der Waals surface area contributed by atoms with E-state index in [2.05, 4.69) is 0 Å². The Balaban J connectivity index is 2.26. The fourth-order valence-corrected chi connectivity index (χ4v) is 3.04. The van der Waals surface area contributed by atoms with Crippen LogP contribution in [0.5, 0.6) is 5.75 Å². The number of aryl methyl sites for hydroxylation is 1. The summed E-state index contributed by atoms with van der Waals surface area (Å²) >= 11 is 0. The van der Waals surface area contributed by atoms with Gasteiger partial charge >= 0.3 is 5.63 Å². The van der Waals surface area contributed by atoms with Crippen LogP contribution in [0.4, 0.5) is 0 Å². The van der Waals surface area contributed by atoms with E-state index in [0.717, 1.165) is 0 Å². The first-order chi connectivity index (χ1) is 11.8. The zero-order chi connectivity index (χ0) is 18.3. The number of carbonyl (C=O) groups is 1. The number of ether oxygens (including phenoxy) is 1. The van der Waals surface area contributed by atoms with Gasteiger partial charge in [-0.1, -0.05) is 0 Å². The van der Waals surface area contributed by atoms with Crippen molar-refractivity contribution in [3.05, 3.63) is 45.3 Å². The number of fused-ring (bicyclic) bond motifs is 1. The molecule has 0 fully saturated rings. The zero-order valence-electron chi connectivity index (χ0n) is 14.3. The first-order valence-corrected chi connectivity index (χ1v) is 8.15. The molecule has 0 saturated carbocycles. The van der Waals surface area contributed by atoms with Crippen LogP contribution in [0.2, 0.25) is 0 Å². The second-order valence-corrected chi connectivity index (χ2v) is 6.53. The first kappa shape index (κ1) is 17.2. The van der Waals surface area contributed by atoms with E-state index < -0.39 is 11.7 Å². The monoisotopic (exact) mass is 344 g/mol. The zero-order valence-corrected chi connectivity index (χ0v) is 14.3. The van der Waals surface area contributed by atoms with E-state index in [-0.39, 0.29) is 47.4 Å². The summed E-state index contributed by atoms with van der Waals surface area (Å²) in [7, 11) is 0. The van der Waals surface area contributed by atoms with Crippen molar-refractivity contribution in [2.45, 2.75) is 45.8 Å². The molecular formula is C19H20O6. The Morgan fingerprint density at radius 3 is 2.68 bits per heavy atom. The van der Waals surface area contributed by atoms with Gasteiger partial charge in [-0.3, -0.25) is 4.79 Å². The van der Waals surface area contributed by atoms with Gasteiger partial charge in [-0.2, -0.15) is 0 Å². The molecule has 2 atom stereocenters. The van der Waals surface area contributed by atoms with Gasteiger partial charge in [0.25, 0.3) is 0 Å². The van der Waals surface area contributed by atoms with Crippen LogP contribution in [0.3, 0.4) is 0 Å². The minimum absolute atomic E-state index is 0.00372. The van der Waals surface area contributed by atoms with Crippen molar-refractivity contribution in [3.63, 3.8) is 0 Å². The molecule has 1 aliphatic rings. The summed E-state index contributed by atoms with van der Waals surface area (Å²) in [5.41, 5.74) is 0.867. The first-order valence-electron chi connectivity index (χ1n) is 8.15. The van der Waals surface area contributed by atoms with Crippen LogP contribution in [0.15, 0.2) is 27.4 Å². The Hall–Kier alpha value is -2.60. The molecule has 6 heteroatoms. The van der Waals surface area contributed by atoms with Gasteiger partial charge in [0.05, 0.1) is 6.10 Å². The summed E-state index contributed by atoms with van der Waals surface area (Å²) in [5.74, 6) is 0.0726. The summed E-state index contributed by atoms with van der Waals surface area (Å²) in [5, 5.41) is 20.4.